The average Bonchev–Trinajstić information content (AvgIpc) is 2.60. The first-order chi connectivity index (χ1) is 11.6. The minimum absolute atomic E-state index is 0.0176. The fourth-order valence-corrected chi connectivity index (χ4v) is 2.65. The lowest BCUT2D eigenvalue weighted by Gasteiger charge is -2.15. The van der Waals surface area contributed by atoms with Crippen molar-refractivity contribution < 1.29 is 9.53 Å². The Morgan fingerprint density at radius 2 is 1.75 bits per heavy atom. The van der Waals surface area contributed by atoms with E-state index < -0.39 is 0 Å². The molecule has 4 heteroatoms. The lowest BCUT2D eigenvalue weighted by atomic mass is 10.1. The van der Waals surface area contributed by atoms with Crippen molar-refractivity contribution in [2.24, 2.45) is 0 Å². The number of carbonyl (C=O) groups is 1. The number of nitrogens with one attached hydrogen (secondary N) is 1. The summed E-state index contributed by atoms with van der Waals surface area (Å²) in [5, 5.41) is 5.83. The maximum Gasteiger partial charge on any atom is 0.258 e. The summed E-state index contributed by atoms with van der Waals surface area (Å²) in [6.45, 7) is 1.91. The summed E-state index contributed by atoms with van der Waals surface area (Å²) in [5.74, 6) is 0.522. The zero-order chi connectivity index (χ0) is 16.9. The van der Waals surface area contributed by atoms with E-state index in [0.29, 0.717) is 10.8 Å². The molecule has 0 aliphatic rings. The van der Waals surface area contributed by atoms with Gasteiger partial charge in [-0.1, -0.05) is 54.1 Å². The topological polar surface area (TPSA) is 38.3 Å². The predicted molar refractivity (Wildman–Crippen MR) is 97.5 cm³/mol. The third-order valence-corrected chi connectivity index (χ3v) is 4.09. The number of carbonyl (C=O) groups excluding carboxylic acids is 1. The zero-order valence-corrected chi connectivity index (χ0v) is 14.1. The Hall–Kier alpha value is -2.52. The quantitative estimate of drug-likeness (QED) is 0.728. The van der Waals surface area contributed by atoms with Crippen LogP contribution in [0, 0.1) is 0 Å². The van der Waals surface area contributed by atoms with E-state index in [2.05, 4.69) is 5.32 Å². The molecule has 1 amide bonds. The van der Waals surface area contributed by atoms with Gasteiger partial charge in [0, 0.05) is 5.02 Å². The van der Waals surface area contributed by atoms with Crippen molar-refractivity contribution in [3.05, 3.63) is 77.3 Å². The molecule has 0 aliphatic carbocycles. The van der Waals surface area contributed by atoms with Gasteiger partial charge in [-0.25, -0.2) is 0 Å². The van der Waals surface area contributed by atoms with Gasteiger partial charge in [-0.05, 0) is 47.5 Å². The molecule has 122 valence electrons. The summed E-state index contributed by atoms with van der Waals surface area (Å²) in [7, 11) is 0. The van der Waals surface area contributed by atoms with Crippen molar-refractivity contribution >= 4 is 28.3 Å². The van der Waals surface area contributed by atoms with E-state index in [1.54, 1.807) is 0 Å². The molecular weight excluding hydrogens is 322 g/mol. The molecule has 0 spiro atoms. The molecule has 0 fully saturated rings. The lowest BCUT2D eigenvalue weighted by Crippen LogP contribution is -2.31. The number of halogens is 1. The Labute approximate surface area is 146 Å². The number of ether oxygens (including phenoxy) is 1. The van der Waals surface area contributed by atoms with Gasteiger partial charge in [0.15, 0.2) is 6.61 Å². The largest absolute Gasteiger partial charge is 0.484 e. The van der Waals surface area contributed by atoms with Gasteiger partial charge in [0.1, 0.15) is 5.75 Å². The van der Waals surface area contributed by atoms with Gasteiger partial charge < -0.3 is 10.1 Å². The van der Waals surface area contributed by atoms with Crippen LogP contribution in [0.15, 0.2) is 66.7 Å². The number of rotatable bonds is 5. The molecule has 3 rings (SSSR count). The summed E-state index contributed by atoms with van der Waals surface area (Å²) < 4.78 is 5.60. The fourth-order valence-electron chi connectivity index (χ4n) is 2.52. The van der Waals surface area contributed by atoms with Crippen LogP contribution >= 0.6 is 11.6 Å². The molecule has 0 aromatic heterocycles. The van der Waals surface area contributed by atoms with Crippen molar-refractivity contribution in [2.45, 2.75) is 13.0 Å². The first kappa shape index (κ1) is 16.3. The maximum absolute atomic E-state index is 12.1. The maximum atomic E-state index is 12.1. The molecule has 1 unspecified atom stereocenters. The van der Waals surface area contributed by atoms with Crippen molar-refractivity contribution in [1.29, 1.82) is 0 Å². The molecule has 0 saturated carbocycles. The Morgan fingerprint density at radius 1 is 1.04 bits per heavy atom. The van der Waals surface area contributed by atoms with E-state index in [-0.39, 0.29) is 18.6 Å². The van der Waals surface area contributed by atoms with Crippen LogP contribution in [-0.4, -0.2) is 12.5 Å². The summed E-state index contributed by atoms with van der Waals surface area (Å²) in [6.07, 6.45) is 0. The molecule has 0 bridgehead atoms. The second-order valence-electron chi connectivity index (χ2n) is 5.64. The van der Waals surface area contributed by atoms with Crippen molar-refractivity contribution in [3.8, 4) is 5.75 Å². The van der Waals surface area contributed by atoms with Crippen LogP contribution in [0.1, 0.15) is 18.5 Å². The molecule has 0 heterocycles. The highest BCUT2D eigenvalue weighted by atomic mass is 35.5. The van der Waals surface area contributed by atoms with Crippen LogP contribution in [0.25, 0.3) is 10.8 Å². The number of hydrogen-bond donors (Lipinski definition) is 1. The van der Waals surface area contributed by atoms with Gasteiger partial charge >= 0.3 is 0 Å². The van der Waals surface area contributed by atoms with E-state index in [1.165, 1.54) is 0 Å². The number of fused-ring (bicyclic) bond motifs is 1. The summed E-state index contributed by atoms with van der Waals surface area (Å²) >= 11 is 5.87. The number of amides is 1. The van der Waals surface area contributed by atoms with E-state index in [9.17, 15) is 4.79 Å². The minimum Gasteiger partial charge on any atom is -0.484 e. The van der Waals surface area contributed by atoms with Crippen molar-refractivity contribution in [3.63, 3.8) is 0 Å². The third-order valence-electron chi connectivity index (χ3n) is 3.84. The highest BCUT2D eigenvalue weighted by molar-refractivity contribution is 6.30. The fraction of sp³-hybridized carbons (Fsp3) is 0.150. The highest BCUT2D eigenvalue weighted by Gasteiger charge is 2.10. The normalized spacial score (nSPS) is 11.9. The Bertz CT molecular complexity index is 846. The molecule has 3 aromatic rings. The molecule has 3 nitrogen and oxygen atoms in total. The number of hydrogen-bond acceptors (Lipinski definition) is 2. The first-order valence-electron chi connectivity index (χ1n) is 7.78. The van der Waals surface area contributed by atoms with Crippen LogP contribution in [0.2, 0.25) is 5.02 Å². The monoisotopic (exact) mass is 339 g/mol. The summed E-state index contributed by atoms with van der Waals surface area (Å²) in [5.41, 5.74) is 0.999. The minimum atomic E-state index is -0.161. The standard InChI is InChI=1S/C20H18ClNO2/c1-14(15-6-9-18(21)10-7-15)22-20(23)13-24-19-11-8-16-4-2-3-5-17(16)12-19/h2-12,14H,13H2,1H3,(H,22,23). The molecule has 24 heavy (non-hydrogen) atoms. The van der Waals surface area contributed by atoms with E-state index >= 15 is 0 Å². The molecule has 3 aromatic carbocycles. The van der Waals surface area contributed by atoms with Crippen LogP contribution in [0.4, 0.5) is 0 Å². The Morgan fingerprint density at radius 3 is 2.50 bits per heavy atom. The van der Waals surface area contributed by atoms with E-state index in [1.807, 2.05) is 73.7 Å². The van der Waals surface area contributed by atoms with Gasteiger partial charge in [0.05, 0.1) is 6.04 Å². The first-order valence-corrected chi connectivity index (χ1v) is 8.16. The average molecular weight is 340 g/mol. The van der Waals surface area contributed by atoms with Gasteiger partial charge in [0.25, 0.3) is 5.91 Å². The Kier molecular flexibility index (Phi) is 5.02. The van der Waals surface area contributed by atoms with Crippen molar-refractivity contribution in [1.82, 2.24) is 5.32 Å². The molecule has 0 radical (unpaired) electrons. The van der Waals surface area contributed by atoms with Gasteiger partial charge in [-0.3, -0.25) is 4.79 Å². The molecule has 1 atom stereocenters. The smallest absolute Gasteiger partial charge is 0.258 e. The van der Waals surface area contributed by atoms with Gasteiger partial charge in [-0.2, -0.15) is 0 Å². The summed E-state index contributed by atoms with van der Waals surface area (Å²) in [4.78, 5) is 12.1. The van der Waals surface area contributed by atoms with Crippen LogP contribution < -0.4 is 10.1 Å². The zero-order valence-electron chi connectivity index (χ0n) is 13.3. The molecule has 1 N–H and O–H groups in total. The van der Waals surface area contributed by atoms with Crippen LogP contribution in [-0.2, 0) is 4.79 Å². The summed E-state index contributed by atoms with van der Waals surface area (Å²) in [6, 6.07) is 21.1. The number of benzene rings is 3. The van der Waals surface area contributed by atoms with E-state index in [0.717, 1.165) is 16.3 Å². The Balaban J connectivity index is 1.57. The molecular formula is C20H18ClNO2. The van der Waals surface area contributed by atoms with Crippen molar-refractivity contribution in [2.75, 3.05) is 6.61 Å². The van der Waals surface area contributed by atoms with Gasteiger partial charge in [0.2, 0.25) is 0 Å². The third kappa shape index (κ3) is 4.06. The van der Waals surface area contributed by atoms with Crippen LogP contribution in [0.3, 0.4) is 0 Å². The predicted octanol–water partition coefficient (Wildman–Crippen LogP) is 4.75. The van der Waals surface area contributed by atoms with E-state index in [4.69, 9.17) is 16.3 Å². The second kappa shape index (κ2) is 7.37. The highest BCUT2D eigenvalue weighted by Crippen LogP contribution is 2.20. The molecule has 0 saturated heterocycles. The SMILES string of the molecule is CC(NC(=O)COc1ccc2ccccc2c1)c1ccc(Cl)cc1. The lowest BCUT2D eigenvalue weighted by molar-refractivity contribution is -0.123. The molecule has 0 aliphatic heterocycles. The second-order valence-corrected chi connectivity index (χ2v) is 6.07. The van der Waals surface area contributed by atoms with Gasteiger partial charge in [-0.15, -0.1) is 0 Å². The van der Waals surface area contributed by atoms with Crippen LogP contribution in [0.5, 0.6) is 5.75 Å².